The second-order valence-corrected chi connectivity index (χ2v) is 10.2. The highest BCUT2D eigenvalue weighted by molar-refractivity contribution is 5.89. The summed E-state index contributed by atoms with van der Waals surface area (Å²) in [5.41, 5.74) is 0.638. The molecule has 8 nitrogen and oxygen atoms in total. The molecule has 2 aliphatic heterocycles. The molecule has 212 valence electrons. The summed E-state index contributed by atoms with van der Waals surface area (Å²) in [6.45, 7) is 2.62. The van der Waals surface area contributed by atoms with Crippen molar-refractivity contribution in [3.05, 3.63) is 54.6 Å². The van der Waals surface area contributed by atoms with Gasteiger partial charge in [0.05, 0.1) is 6.04 Å². The van der Waals surface area contributed by atoms with Crippen molar-refractivity contribution in [2.45, 2.75) is 43.9 Å². The molecule has 2 aromatic rings. The Bertz CT molecular complexity index is 1100. The van der Waals surface area contributed by atoms with E-state index in [9.17, 15) is 22.8 Å². The molecule has 4 amide bonds. The first-order chi connectivity index (χ1) is 18.6. The highest BCUT2D eigenvalue weighted by Crippen LogP contribution is 2.25. The maximum atomic E-state index is 13.1. The van der Waals surface area contributed by atoms with E-state index in [0.717, 1.165) is 12.2 Å². The summed E-state index contributed by atoms with van der Waals surface area (Å²) < 4.78 is 43.1. The largest absolute Gasteiger partial charge is 0.457 e. The summed E-state index contributed by atoms with van der Waals surface area (Å²) in [7, 11) is 3.47. The van der Waals surface area contributed by atoms with E-state index in [0.29, 0.717) is 50.6 Å². The quantitative estimate of drug-likeness (QED) is 0.475. The molecule has 2 saturated heterocycles. The SMILES string of the molecule is CN(C(=O)Nc1ccc(Oc2ccccc2)cc1)[C@H]1CCN(C(=O)N(C)[C@@H]2CCN(CCCC(F)(F)F)C2)C1. The number of likely N-dealkylation sites (tertiary alicyclic amines) is 2. The van der Waals surface area contributed by atoms with Gasteiger partial charge in [0.2, 0.25) is 0 Å². The lowest BCUT2D eigenvalue weighted by atomic mass is 10.2. The van der Waals surface area contributed by atoms with E-state index in [1.807, 2.05) is 35.2 Å². The Morgan fingerprint density at radius 2 is 1.56 bits per heavy atom. The zero-order valence-electron chi connectivity index (χ0n) is 22.4. The predicted octanol–water partition coefficient (Wildman–Crippen LogP) is 5.49. The molecular weight excluding hydrogens is 511 g/mol. The third kappa shape index (κ3) is 8.01. The van der Waals surface area contributed by atoms with Crippen LogP contribution in [0.5, 0.6) is 11.5 Å². The van der Waals surface area contributed by atoms with Crippen LogP contribution < -0.4 is 10.1 Å². The van der Waals surface area contributed by atoms with Gasteiger partial charge in [-0.25, -0.2) is 9.59 Å². The molecule has 2 aliphatic rings. The fraction of sp³-hybridized carbons (Fsp3) is 0.500. The Kier molecular flexibility index (Phi) is 9.21. The summed E-state index contributed by atoms with van der Waals surface area (Å²) >= 11 is 0. The summed E-state index contributed by atoms with van der Waals surface area (Å²) in [6, 6.07) is 16.0. The van der Waals surface area contributed by atoms with Gasteiger partial charge in [0.1, 0.15) is 11.5 Å². The van der Waals surface area contributed by atoms with E-state index in [1.54, 1.807) is 53.1 Å². The lowest BCUT2D eigenvalue weighted by Gasteiger charge is -2.30. The van der Waals surface area contributed by atoms with Crippen molar-refractivity contribution in [3.8, 4) is 11.5 Å². The molecule has 0 spiro atoms. The van der Waals surface area contributed by atoms with Crippen molar-refractivity contribution < 1.29 is 27.5 Å². The molecule has 2 aromatic carbocycles. The average molecular weight is 548 g/mol. The zero-order chi connectivity index (χ0) is 28.0. The van der Waals surface area contributed by atoms with Crippen molar-refractivity contribution in [1.82, 2.24) is 19.6 Å². The third-order valence-electron chi connectivity index (χ3n) is 7.42. The van der Waals surface area contributed by atoms with Crippen LogP contribution in [-0.4, -0.2) is 96.7 Å². The van der Waals surface area contributed by atoms with Crippen LogP contribution in [0.3, 0.4) is 0 Å². The minimum absolute atomic E-state index is 0.0303. The molecule has 0 radical (unpaired) electrons. The first-order valence-corrected chi connectivity index (χ1v) is 13.3. The first-order valence-electron chi connectivity index (χ1n) is 13.3. The van der Waals surface area contributed by atoms with Gasteiger partial charge in [-0.3, -0.25) is 0 Å². The van der Waals surface area contributed by atoms with Crippen molar-refractivity contribution in [3.63, 3.8) is 0 Å². The number of anilines is 1. The number of hydrogen-bond acceptors (Lipinski definition) is 4. The van der Waals surface area contributed by atoms with Gasteiger partial charge in [0.15, 0.2) is 0 Å². The number of benzene rings is 2. The Morgan fingerprint density at radius 3 is 2.26 bits per heavy atom. The number of amides is 4. The van der Waals surface area contributed by atoms with Crippen LogP contribution in [0.25, 0.3) is 0 Å². The van der Waals surface area contributed by atoms with Crippen LogP contribution in [0.1, 0.15) is 25.7 Å². The van der Waals surface area contributed by atoms with Gasteiger partial charge in [-0.15, -0.1) is 0 Å². The highest BCUT2D eigenvalue weighted by Gasteiger charge is 2.36. The van der Waals surface area contributed by atoms with Gasteiger partial charge in [-0.05, 0) is 62.2 Å². The molecule has 11 heteroatoms. The fourth-order valence-electron chi connectivity index (χ4n) is 5.05. The molecular formula is C28H36F3N5O3. The smallest absolute Gasteiger partial charge is 0.389 e. The Hall–Kier alpha value is -3.47. The number of rotatable bonds is 8. The minimum atomic E-state index is -4.13. The molecule has 0 saturated carbocycles. The zero-order valence-corrected chi connectivity index (χ0v) is 22.4. The van der Waals surface area contributed by atoms with E-state index >= 15 is 0 Å². The van der Waals surface area contributed by atoms with Crippen LogP contribution in [-0.2, 0) is 0 Å². The van der Waals surface area contributed by atoms with E-state index in [1.165, 1.54) is 0 Å². The number of urea groups is 2. The van der Waals surface area contributed by atoms with Crippen LogP contribution in [0.15, 0.2) is 54.6 Å². The van der Waals surface area contributed by atoms with Crippen molar-refractivity contribution in [1.29, 1.82) is 0 Å². The third-order valence-corrected chi connectivity index (χ3v) is 7.42. The number of ether oxygens (including phenoxy) is 1. The monoisotopic (exact) mass is 547 g/mol. The number of halogens is 3. The molecule has 1 N–H and O–H groups in total. The molecule has 0 aliphatic carbocycles. The highest BCUT2D eigenvalue weighted by atomic mass is 19.4. The molecule has 39 heavy (non-hydrogen) atoms. The molecule has 0 aromatic heterocycles. The second-order valence-electron chi connectivity index (χ2n) is 10.2. The normalized spacial score (nSPS) is 19.7. The topological polar surface area (TPSA) is 68.4 Å². The Morgan fingerprint density at radius 1 is 0.923 bits per heavy atom. The van der Waals surface area contributed by atoms with Gasteiger partial charge >= 0.3 is 18.2 Å². The summed E-state index contributed by atoms with van der Waals surface area (Å²) in [5, 5.41) is 2.89. The van der Waals surface area contributed by atoms with Crippen molar-refractivity contribution >= 4 is 17.7 Å². The van der Waals surface area contributed by atoms with Crippen LogP contribution in [0, 0.1) is 0 Å². The number of hydrogen-bond donors (Lipinski definition) is 1. The summed E-state index contributed by atoms with van der Waals surface area (Å²) in [4.78, 5) is 33.1. The Labute approximate surface area is 227 Å². The second kappa shape index (κ2) is 12.6. The van der Waals surface area contributed by atoms with Crippen LogP contribution in [0.2, 0.25) is 0 Å². The maximum absolute atomic E-state index is 13.1. The van der Waals surface area contributed by atoms with Gasteiger partial charge in [0, 0.05) is 58.4 Å². The van der Waals surface area contributed by atoms with E-state index in [4.69, 9.17) is 4.74 Å². The first kappa shape index (κ1) is 28.5. The molecule has 0 unspecified atom stereocenters. The number of para-hydroxylation sites is 1. The van der Waals surface area contributed by atoms with Crippen molar-refractivity contribution in [2.75, 3.05) is 52.1 Å². The van der Waals surface area contributed by atoms with E-state index < -0.39 is 12.6 Å². The summed E-state index contributed by atoms with van der Waals surface area (Å²) in [6.07, 6.45) is -3.44. The number of carbonyl (C=O) groups is 2. The van der Waals surface area contributed by atoms with E-state index in [-0.39, 0.29) is 30.6 Å². The van der Waals surface area contributed by atoms with Crippen LogP contribution >= 0.6 is 0 Å². The lowest BCUT2D eigenvalue weighted by molar-refractivity contribution is -0.136. The average Bonchev–Trinajstić information content (AvgIpc) is 3.59. The van der Waals surface area contributed by atoms with Gasteiger partial charge < -0.3 is 29.7 Å². The standard InChI is InChI=1S/C28H36F3N5O3/c1-33(26(37)32-21-9-11-25(12-10-21)39-24-7-4-3-5-8-24)23-14-18-36(20-23)27(38)34(2)22-13-17-35(19-22)16-6-15-28(29,30)31/h3-5,7-12,22-23H,6,13-20H2,1-2H3,(H,32,37)/t22-,23+/m1/s1. The van der Waals surface area contributed by atoms with Gasteiger partial charge in [0.25, 0.3) is 0 Å². The number of nitrogens with zero attached hydrogens (tertiary/aromatic N) is 4. The fourth-order valence-corrected chi connectivity index (χ4v) is 5.05. The number of nitrogens with one attached hydrogen (secondary N) is 1. The minimum Gasteiger partial charge on any atom is -0.457 e. The molecule has 2 heterocycles. The van der Waals surface area contributed by atoms with E-state index in [2.05, 4.69) is 5.32 Å². The lowest BCUT2D eigenvalue weighted by Crippen LogP contribution is -2.48. The predicted molar refractivity (Wildman–Crippen MR) is 143 cm³/mol. The van der Waals surface area contributed by atoms with Gasteiger partial charge in [-0.2, -0.15) is 13.2 Å². The Balaban J connectivity index is 1.21. The van der Waals surface area contributed by atoms with Crippen LogP contribution in [0.4, 0.5) is 28.4 Å². The molecule has 2 fully saturated rings. The number of carbonyl (C=O) groups excluding carboxylic acids is 2. The number of likely N-dealkylation sites (N-methyl/N-ethyl adjacent to an activating group) is 2. The molecule has 4 rings (SSSR count). The van der Waals surface area contributed by atoms with Crippen molar-refractivity contribution in [2.24, 2.45) is 0 Å². The summed E-state index contributed by atoms with van der Waals surface area (Å²) in [5.74, 6) is 1.39. The number of alkyl halides is 3. The maximum Gasteiger partial charge on any atom is 0.389 e. The van der Waals surface area contributed by atoms with Gasteiger partial charge in [-0.1, -0.05) is 18.2 Å². The molecule has 2 atom stereocenters. The molecule has 0 bridgehead atoms.